The first-order valence-corrected chi connectivity index (χ1v) is 7.09. The maximum absolute atomic E-state index is 6.00. The number of hydrogen-bond acceptors (Lipinski definition) is 5. The van der Waals surface area contributed by atoms with E-state index >= 15 is 0 Å². The van der Waals surface area contributed by atoms with E-state index in [1.807, 2.05) is 24.1 Å². The standard InChI is InChI=1S/C12H13Cl2N3OS/c1-17(12-15-11(7-18-2)16-19-12)6-8-3-4-9(13)10(14)5-8/h3-5H,6-7H2,1-2H3. The average molecular weight is 318 g/mol. The van der Waals surface area contributed by atoms with Gasteiger partial charge in [-0.2, -0.15) is 4.37 Å². The molecule has 0 saturated carbocycles. The van der Waals surface area contributed by atoms with Gasteiger partial charge in [0.05, 0.1) is 10.0 Å². The van der Waals surface area contributed by atoms with Gasteiger partial charge >= 0.3 is 0 Å². The zero-order valence-corrected chi connectivity index (χ0v) is 12.9. The summed E-state index contributed by atoms with van der Waals surface area (Å²) in [6.45, 7) is 1.12. The van der Waals surface area contributed by atoms with Crippen LogP contribution in [-0.4, -0.2) is 23.5 Å². The van der Waals surface area contributed by atoms with Crippen LogP contribution < -0.4 is 4.90 Å². The third kappa shape index (κ3) is 3.79. The van der Waals surface area contributed by atoms with Crippen molar-refractivity contribution >= 4 is 39.9 Å². The highest BCUT2D eigenvalue weighted by Gasteiger charge is 2.10. The number of anilines is 1. The molecule has 0 atom stereocenters. The molecule has 2 rings (SSSR count). The van der Waals surface area contributed by atoms with Gasteiger partial charge in [-0.3, -0.25) is 0 Å². The largest absolute Gasteiger partial charge is 0.377 e. The average Bonchev–Trinajstić information content (AvgIpc) is 2.83. The molecule has 0 aliphatic rings. The van der Waals surface area contributed by atoms with Crippen LogP contribution in [0.15, 0.2) is 18.2 Å². The summed E-state index contributed by atoms with van der Waals surface area (Å²) in [5.41, 5.74) is 1.07. The van der Waals surface area contributed by atoms with Crippen molar-refractivity contribution in [1.82, 2.24) is 9.36 Å². The zero-order chi connectivity index (χ0) is 13.8. The lowest BCUT2D eigenvalue weighted by molar-refractivity contribution is 0.179. The third-order valence-corrected chi connectivity index (χ3v) is 4.07. The van der Waals surface area contributed by atoms with Gasteiger partial charge in [-0.15, -0.1) is 0 Å². The maximum Gasteiger partial charge on any atom is 0.205 e. The van der Waals surface area contributed by atoms with Gasteiger partial charge in [0.2, 0.25) is 5.13 Å². The summed E-state index contributed by atoms with van der Waals surface area (Å²) in [5.74, 6) is 0.698. The fraction of sp³-hybridized carbons (Fsp3) is 0.333. The molecule has 102 valence electrons. The molecule has 1 aromatic heterocycles. The van der Waals surface area contributed by atoms with Crippen molar-refractivity contribution in [2.24, 2.45) is 0 Å². The van der Waals surface area contributed by atoms with E-state index in [2.05, 4.69) is 9.36 Å². The topological polar surface area (TPSA) is 38.2 Å². The fourth-order valence-electron chi connectivity index (χ4n) is 1.57. The molecule has 0 spiro atoms. The molecule has 0 radical (unpaired) electrons. The number of nitrogens with zero attached hydrogens (tertiary/aromatic N) is 3. The summed E-state index contributed by atoms with van der Waals surface area (Å²) >= 11 is 13.2. The molecule has 4 nitrogen and oxygen atoms in total. The number of benzene rings is 1. The molecule has 2 aromatic rings. The van der Waals surface area contributed by atoms with E-state index < -0.39 is 0 Å². The Labute approximate surface area is 126 Å². The highest BCUT2D eigenvalue weighted by Crippen LogP contribution is 2.24. The second-order valence-electron chi connectivity index (χ2n) is 4.03. The minimum Gasteiger partial charge on any atom is -0.377 e. The lowest BCUT2D eigenvalue weighted by atomic mass is 10.2. The Kier molecular flexibility index (Phi) is 4.99. The minimum absolute atomic E-state index is 0.428. The van der Waals surface area contributed by atoms with E-state index in [1.165, 1.54) is 11.5 Å². The molecular formula is C12H13Cl2N3OS. The SMILES string of the molecule is COCc1nsc(N(C)Cc2ccc(Cl)c(Cl)c2)n1. The van der Waals surface area contributed by atoms with Gasteiger partial charge in [0, 0.05) is 32.2 Å². The first kappa shape index (κ1) is 14.5. The van der Waals surface area contributed by atoms with Gasteiger partial charge in [-0.25, -0.2) is 4.98 Å². The van der Waals surface area contributed by atoms with Crippen LogP contribution in [0.25, 0.3) is 0 Å². The highest BCUT2D eigenvalue weighted by atomic mass is 35.5. The van der Waals surface area contributed by atoms with E-state index in [1.54, 1.807) is 13.2 Å². The number of methoxy groups -OCH3 is 1. The molecule has 0 N–H and O–H groups in total. The van der Waals surface area contributed by atoms with Crippen molar-refractivity contribution in [3.63, 3.8) is 0 Å². The Balaban J connectivity index is 2.06. The summed E-state index contributed by atoms with van der Waals surface area (Å²) in [6, 6.07) is 5.60. The molecule has 1 heterocycles. The molecule has 19 heavy (non-hydrogen) atoms. The van der Waals surface area contributed by atoms with Crippen LogP contribution in [0.1, 0.15) is 11.4 Å². The van der Waals surface area contributed by atoms with Gasteiger partial charge in [-0.1, -0.05) is 29.3 Å². The predicted molar refractivity (Wildman–Crippen MR) is 79.2 cm³/mol. The third-order valence-electron chi connectivity index (χ3n) is 2.46. The van der Waals surface area contributed by atoms with Crippen LogP contribution in [0.4, 0.5) is 5.13 Å². The van der Waals surface area contributed by atoms with E-state index in [9.17, 15) is 0 Å². The predicted octanol–water partition coefficient (Wildman–Crippen LogP) is 3.63. The molecule has 0 fully saturated rings. The quantitative estimate of drug-likeness (QED) is 0.844. The second kappa shape index (κ2) is 6.52. The number of halogens is 2. The van der Waals surface area contributed by atoms with E-state index in [-0.39, 0.29) is 0 Å². The van der Waals surface area contributed by atoms with E-state index in [0.29, 0.717) is 29.0 Å². The highest BCUT2D eigenvalue weighted by molar-refractivity contribution is 7.09. The van der Waals surface area contributed by atoms with Crippen molar-refractivity contribution in [1.29, 1.82) is 0 Å². The first-order chi connectivity index (χ1) is 9.10. The van der Waals surface area contributed by atoms with Gasteiger partial charge in [0.1, 0.15) is 6.61 Å². The Morgan fingerprint density at radius 2 is 2.11 bits per heavy atom. The summed E-state index contributed by atoms with van der Waals surface area (Å²) in [7, 11) is 3.58. The Morgan fingerprint density at radius 3 is 2.79 bits per heavy atom. The normalized spacial score (nSPS) is 10.7. The molecule has 0 saturated heterocycles. The van der Waals surface area contributed by atoms with Gasteiger partial charge in [0.15, 0.2) is 5.82 Å². The lowest BCUT2D eigenvalue weighted by Gasteiger charge is -2.15. The minimum atomic E-state index is 0.428. The Morgan fingerprint density at radius 1 is 1.32 bits per heavy atom. The van der Waals surface area contributed by atoms with Crippen molar-refractivity contribution in [3.8, 4) is 0 Å². The molecule has 0 bridgehead atoms. The second-order valence-corrected chi connectivity index (χ2v) is 5.58. The van der Waals surface area contributed by atoms with Crippen LogP contribution in [0.5, 0.6) is 0 Å². The van der Waals surface area contributed by atoms with Crippen LogP contribution >= 0.6 is 34.7 Å². The fourth-order valence-corrected chi connectivity index (χ4v) is 2.52. The molecule has 0 unspecified atom stereocenters. The van der Waals surface area contributed by atoms with Gasteiger partial charge < -0.3 is 9.64 Å². The molecule has 7 heteroatoms. The van der Waals surface area contributed by atoms with Crippen molar-refractivity contribution < 1.29 is 4.74 Å². The Hall–Kier alpha value is -0.880. The number of rotatable bonds is 5. The molecular weight excluding hydrogens is 305 g/mol. The first-order valence-electron chi connectivity index (χ1n) is 5.56. The van der Waals surface area contributed by atoms with Gasteiger partial charge in [-0.05, 0) is 17.7 Å². The van der Waals surface area contributed by atoms with Crippen LogP contribution in [0.3, 0.4) is 0 Å². The van der Waals surface area contributed by atoms with Gasteiger partial charge in [0.25, 0.3) is 0 Å². The van der Waals surface area contributed by atoms with Crippen LogP contribution in [-0.2, 0) is 17.9 Å². The van der Waals surface area contributed by atoms with Crippen molar-refractivity contribution in [2.45, 2.75) is 13.2 Å². The molecule has 0 aliphatic carbocycles. The summed E-state index contributed by atoms with van der Waals surface area (Å²) in [6.07, 6.45) is 0. The summed E-state index contributed by atoms with van der Waals surface area (Å²) in [4.78, 5) is 6.40. The summed E-state index contributed by atoms with van der Waals surface area (Å²) in [5, 5.41) is 1.97. The smallest absolute Gasteiger partial charge is 0.205 e. The van der Waals surface area contributed by atoms with E-state index in [0.717, 1.165) is 10.7 Å². The Bertz CT molecular complexity index is 562. The number of ether oxygens (including phenoxy) is 1. The lowest BCUT2D eigenvalue weighted by Crippen LogP contribution is -2.16. The number of aromatic nitrogens is 2. The number of hydrogen-bond donors (Lipinski definition) is 0. The van der Waals surface area contributed by atoms with Crippen molar-refractivity contribution in [3.05, 3.63) is 39.6 Å². The zero-order valence-electron chi connectivity index (χ0n) is 10.6. The van der Waals surface area contributed by atoms with E-state index in [4.69, 9.17) is 27.9 Å². The molecule has 0 aliphatic heterocycles. The molecule has 1 aromatic carbocycles. The van der Waals surface area contributed by atoms with Crippen LogP contribution in [0, 0.1) is 0 Å². The summed E-state index contributed by atoms with van der Waals surface area (Å²) < 4.78 is 9.22. The van der Waals surface area contributed by atoms with Crippen LogP contribution in [0.2, 0.25) is 10.0 Å². The maximum atomic E-state index is 6.00. The molecule has 0 amide bonds. The monoisotopic (exact) mass is 317 g/mol. The van der Waals surface area contributed by atoms with Crippen molar-refractivity contribution in [2.75, 3.05) is 19.1 Å².